The first kappa shape index (κ1) is 18.8. The van der Waals surface area contributed by atoms with Crippen LogP contribution in [-0.4, -0.2) is 45.9 Å². The van der Waals surface area contributed by atoms with Crippen LogP contribution in [0.2, 0.25) is 0 Å². The first-order valence-corrected chi connectivity index (χ1v) is 8.39. The molecule has 1 aromatic heterocycles. The minimum absolute atomic E-state index is 0.0785. The Morgan fingerprint density at radius 1 is 1.48 bits per heavy atom. The maximum absolute atomic E-state index is 13.4. The molecular formula is C17H21FN6O3. The lowest BCUT2D eigenvalue weighted by molar-refractivity contribution is -0.121. The third kappa shape index (κ3) is 4.22. The number of hydrogen-bond donors (Lipinski definition) is 4. The fourth-order valence-corrected chi connectivity index (χ4v) is 2.69. The Hall–Kier alpha value is -3.01. The van der Waals surface area contributed by atoms with Crippen molar-refractivity contribution in [3.05, 3.63) is 40.8 Å². The molecule has 1 amide bonds. The van der Waals surface area contributed by atoms with Gasteiger partial charge in [0.25, 0.3) is 0 Å². The Morgan fingerprint density at radius 3 is 3.00 bits per heavy atom. The molecule has 3 rings (SSSR count). The standard InChI is InChI=1S/C17H21FN6O3/c1-17(2,8-25)22-13(26)7-20-16-14(23-27-24-16)15(19)21-12-5-9-3-4-10(18)6-11(9)12/h3-4,6,12,25H,5,7-8H2,1-2H3,(H2,19,21)(H,20,24)(H,22,26). The molecule has 0 bridgehead atoms. The SMILES string of the molecule is CC(C)(CO)NC(=O)CNc1nonc1C(N)=NC1Cc2ccc(F)cc21. The molecule has 0 saturated carbocycles. The molecule has 1 heterocycles. The molecule has 2 aromatic rings. The van der Waals surface area contributed by atoms with Crippen LogP contribution in [0, 0.1) is 5.82 Å². The quantitative estimate of drug-likeness (QED) is 0.408. The number of amides is 1. The average Bonchev–Trinajstić information content (AvgIpc) is 3.08. The van der Waals surface area contributed by atoms with Crippen LogP contribution >= 0.6 is 0 Å². The van der Waals surface area contributed by atoms with Gasteiger partial charge in [-0.2, -0.15) is 0 Å². The fourth-order valence-electron chi connectivity index (χ4n) is 2.69. The molecule has 0 radical (unpaired) electrons. The summed E-state index contributed by atoms with van der Waals surface area (Å²) in [5.74, 6) is -0.418. The number of nitrogens with zero attached hydrogens (tertiary/aromatic N) is 3. The van der Waals surface area contributed by atoms with Gasteiger partial charge in [0, 0.05) is 0 Å². The summed E-state index contributed by atoms with van der Waals surface area (Å²) in [5, 5.41) is 22.0. The van der Waals surface area contributed by atoms with Gasteiger partial charge in [-0.1, -0.05) is 6.07 Å². The minimum Gasteiger partial charge on any atom is -0.394 e. The monoisotopic (exact) mass is 376 g/mol. The van der Waals surface area contributed by atoms with Gasteiger partial charge in [0.2, 0.25) is 11.7 Å². The van der Waals surface area contributed by atoms with E-state index in [1.54, 1.807) is 19.9 Å². The van der Waals surface area contributed by atoms with E-state index in [0.717, 1.165) is 11.1 Å². The summed E-state index contributed by atoms with van der Waals surface area (Å²) in [5.41, 5.74) is 7.24. The van der Waals surface area contributed by atoms with Crippen LogP contribution in [0.1, 0.15) is 36.7 Å². The number of rotatable bonds is 7. The van der Waals surface area contributed by atoms with E-state index in [0.29, 0.717) is 6.42 Å². The highest BCUT2D eigenvalue weighted by Gasteiger charge is 2.27. The second kappa shape index (κ2) is 7.31. The normalized spacial score (nSPS) is 16.4. The Kier molecular flexibility index (Phi) is 5.08. The zero-order chi connectivity index (χ0) is 19.6. The third-order valence-electron chi connectivity index (χ3n) is 4.20. The van der Waals surface area contributed by atoms with Gasteiger partial charge in [0.05, 0.1) is 24.7 Å². The molecule has 1 aliphatic rings. The van der Waals surface area contributed by atoms with E-state index in [-0.39, 0.29) is 48.3 Å². The largest absolute Gasteiger partial charge is 0.394 e. The summed E-state index contributed by atoms with van der Waals surface area (Å²) in [4.78, 5) is 16.3. The number of hydrogen-bond acceptors (Lipinski definition) is 7. The van der Waals surface area contributed by atoms with Gasteiger partial charge < -0.3 is 21.5 Å². The number of amidine groups is 1. The van der Waals surface area contributed by atoms with Crippen molar-refractivity contribution >= 4 is 17.6 Å². The number of aliphatic hydroxyl groups excluding tert-OH is 1. The summed E-state index contributed by atoms with van der Waals surface area (Å²) in [7, 11) is 0. The number of aromatic nitrogens is 2. The van der Waals surface area contributed by atoms with Gasteiger partial charge in [-0.3, -0.25) is 9.79 Å². The molecule has 0 spiro atoms. The van der Waals surface area contributed by atoms with Gasteiger partial charge in [0.1, 0.15) is 5.82 Å². The number of benzene rings is 1. The number of fused-ring (bicyclic) bond motifs is 1. The summed E-state index contributed by atoms with van der Waals surface area (Å²) in [6.07, 6.45) is 0.656. The molecule has 10 heteroatoms. The number of nitrogens with one attached hydrogen (secondary N) is 2. The van der Waals surface area contributed by atoms with E-state index < -0.39 is 5.54 Å². The highest BCUT2D eigenvalue weighted by Crippen LogP contribution is 2.36. The molecule has 1 atom stereocenters. The second-order valence-electron chi connectivity index (χ2n) is 6.98. The van der Waals surface area contributed by atoms with E-state index in [2.05, 4.69) is 30.6 Å². The van der Waals surface area contributed by atoms with Crippen LogP contribution in [0.4, 0.5) is 10.2 Å². The number of aliphatic hydroxyl groups is 1. The molecular weight excluding hydrogens is 355 g/mol. The van der Waals surface area contributed by atoms with Gasteiger partial charge in [0.15, 0.2) is 11.5 Å². The lowest BCUT2D eigenvalue weighted by Crippen LogP contribution is -2.48. The lowest BCUT2D eigenvalue weighted by Gasteiger charge is -2.27. The van der Waals surface area contributed by atoms with Crippen molar-refractivity contribution in [2.75, 3.05) is 18.5 Å². The van der Waals surface area contributed by atoms with Gasteiger partial charge in [-0.25, -0.2) is 9.02 Å². The number of carbonyl (C=O) groups excluding carboxylic acids is 1. The number of aliphatic imine (C=N–C) groups is 1. The zero-order valence-electron chi connectivity index (χ0n) is 15.0. The van der Waals surface area contributed by atoms with Crippen molar-refractivity contribution in [2.45, 2.75) is 31.8 Å². The van der Waals surface area contributed by atoms with Crippen LogP contribution in [0.25, 0.3) is 0 Å². The molecule has 27 heavy (non-hydrogen) atoms. The molecule has 1 aromatic carbocycles. The summed E-state index contributed by atoms with van der Waals surface area (Å²) in [6.45, 7) is 3.07. The van der Waals surface area contributed by atoms with Gasteiger partial charge in [-0.05, 0) is 53.8 Å². The summed E-state index contributed by atoms with van der Waals surface area (Å²) in [6, 6.07) is 4.32. The zero-order valence-corrected chi connectivity index (χ0v) is 15.0. The molecule has 0 saturated heterocycles. The van der Waals surface area contributed by atoms with Crippen LogP contribution in [0.5, 0.6) is 0 Å². The van der Waals surface area contributed by atoms with Crippen LogP contribution in [-0.2, 0) is 11.2 Å². The lowest BCUT2D eigenvalue weighted by atomic mass is 9.83. The molecule has 1 unspecified atom stereocenters. The topological polar surface area (TPSA) is 139 Å². The summed E-state index contributed by atoms with van der Waals surface area (Å²) < 4.78 is 18.1. The Labute approximate surface area is 154 Å². The predicted octanol–water partition coefficient (Wildman–Crippen LogP) is 0.510. The van der Waals surface area contributed by atoms with Crippen molar-refractivity contribution in [2.24, 2.45) is 10.7 Å². The molecule has 5 N–H and O–H groups in total. The van der Waals surface area contributed by atoms with Crippen LogP contribution < -0.4 is 16.4 Å². The molecule has 1 aliphatic carbocycles. The number of carbonyl (C=O) groups is 1. The molecule has 144 valence electrons. The Bertz CT molecular complexity index is 879. The van der Waals surface area contributed by atoms with Crippen molar-refractivity contribution in [3.63, 3.8) is 0 Å². The van der Waals surface area contributed by atoms with Gasteiger partial charge in [-0.15, -0.1) is 0 Å². The van der Waals surface area contributed by atoms with Crippen molar-refractivity contribution in [3.8, 4) is 0 Å². The molecule has 0 fully saturated rings. The Balaban J connectivity index is 1.65. The maximum atomic E-state index is 13.4. The van der Waals surface area contributed by atoms with Gasteiger partial charge >= 0.3 is 0 Å². The molecule has 9 nitrogen and oxygen atoms in total. The maximum Gasteiger partial charge on any atom is 0.239 e. The number of anilines is 1. The van der Waals surface area contributed by atoms with Crippen LogP contribution in [0.3, 0.4) is 0 Å². The van der Waals surface area contributed by atoms with E-state index in [1.807, 2.05) is 0 Å². The van der Waals surface area contributed by atoms with E-state index in [1.165, 1.54) is 12.1 Å². The number of halogens is 1. The number of nitrogens with two attached hydrogens (primary N) is 1. The van der Waals surface area contributed by atoms with E-state index in [4.69, 9.17) is 5.73 Å². The van der Waals surface area contributed by atoms with Crippen molar-refractivity contribution < 1.29 is 18.9 Å². The fraction of sp³-hybridized carbons (Fsp3) is 0.412. The average molecular weight is 376 g/mol. The first-order chi connectivity index (χ1) is 12.8. The van der Waals surface area contributed by atoms with E-state index >= 15 is 0 Å². The second-order valence-corrected chi connectivity index (χ2v) is 6.98. The minimum atomic E-state index is -0.739. The third-order valence-corrected chi connectivity index (χ3v) is 4.20. The predicted molar refractivity (Wildman–Crippen MR) is 95.7 cm³/mol. The van der Waals surface area contributed by atoms with E-state index in [9.17, 15) is 14.3 Å². The first-order valence-electron chi connectivity index (χ1n) is 8.39. The van der Waals surface area contributed by atoms with Crippen molar-refractivity contribution in [1.82, 2.24) is 15.6 Å². The highest BCUT2D eigenvalue weighted by atomic mass is 19.1. The smallest absolute Gasteiger partial charge is 0.239 e. The Morgan fingerprint density at radius 2 is 2.26 bits per heavy atom. The van der Waals surface area contributed by atoms with Crippen LogP contribution in [0.15, 0.2) is 27.8 Å². The summed E-state index contributed by atoms with van der Waals surface area (Å²) >= 11 is 0. The highest BCUT2D eigenvalue weighted by molar-refractivity contribution is 6.00. The molecule has 0 aliphatic heterocycles. The van der Waals surface area contributed by atoms with Crippen molar-refractivity contribution in [1.29, 1.82) is 0 Å².